The largest absolute Gasteiger partial charge is 0.481 e. The van der Waals surface area contributed by atoms with Crippen LogP contribution in [0.5, 0.6) is 0 Å². The molecule has 3 nitrogen and oxygen atoms in total. The minimum absolute atomic E-state index is 0.105. The Hall–Kier alpha value is -0.570. The summed E-state index contributed by atoms with van der Waals surface area (Å²) in [5, 5.41) is 9.56. The Morgan fingerprint density at radius 3 is 1.14 bits per heavy atom. The Morgan fingerprint density at radius 2 is 0.829 bits per heavy atom. The summed E-state index contributed by atoms with van der Waals surface area (Å²) in [5.41, 5.74) is 0. The third kappa shape index (κ3) is 27.9. The number of hydrogen-bond acceptors (Lipinski definition) is 2. The summed E-state index contributed by atoms with van der Waals surface area (Å²) >= 11 is 0. The summed E-state index contributed by atoms with van der Waals surface area (Å²) < 4.78 is 5.38. The molecule has 1 unspecified atom stereocenters. The van der Waals surface area contributed by atoms with Gasteiger partial charge in [-0.15, -0.1) is 0 Å². The fourth-order valence-corrected chi connectivity index (χ4v) is 5.13. The van der Waals surface area contributed by atoms with Crippen LogP contribution < -0.4 is 0 Å². The minimum atomic E-state index is -0.564. The SMILES string of the molecule is CCCCCCCCCCCCCCC(CCCCCCCCCCCCCCOCC)C(=O)O. The van der Waals surface area contributed by atoms with Crippen LogP contribution >= 0.6 is 0 Å². The summed E-state index contributed by atoms with van der Waals surface area (Å²) in [7, 11) is 0. The lowest BCUT2D eigenvalue weighted by Gasteiger charge is -2.12. The van der Waals surface area contributed by atoms with Crippen molar-refractivity contribution in [2.45, 2.75) is 181 Å². The molecule has 0 saturated heterocycles. The first-order valence-corrected chi connectivity index (χ1v) is 16.0. The Balaban J connectivity index is 3.39. The van der Waals surface area contributed by atoms with Crippen molar-refractivity contribution in [3.05, 3.63) is 0 Å². The van der Waals surface area contributed by atoms with Crippen molar-refractivity contribution in [2.24, 2.45) is 5.92 Å². The zero-order valence-electron chi connectivity index (χ0n) is 24.1. The monoisotopic (exact) mass is 496 g/mol. The van der Waals surface area contributed by atoms with Gasteiger partial charge in [-0.25, -0.2) is 0 Å². The fourth-order valence-electron chi connectivity index (χ4n) is 5.13. The highest BCUT2D eigenvalue weighted by Gasteiger charge is 2.16. The van der Waals surface area contributed by atoms with Crippen LogP contribution in [0.2, 0.25) is 0 Å². The van der Waals surface area contributed by atoms with Gasteiger partial charge in [-0.3, -0.25) is 4.79 Å². The van der Waals surface area contributed by atoms with Crippen LogP contribution in [-0.2, 0) is 9.53 Å². The molecule has 0 saturated carbocycles. The number of carboxylic acids is 1. The molecule has 0 fully saturated rings. The molecule has 0 aromatic heterocycles. The lowest BCUT2D eigenvalue weighted by Crippen LogP contribution is -2.13. The van der Waals surface area contributed by atoms with E-state index in [-0.39, 0.29) is 5.92 Å². The molecule has 0 aliphatic heterocycles. The number of aliphatic carboxylic acids is 1. The maximum atomic E-state index is 11.6. The van der Waals surface area contributed by atoms with E-state index in [9.17, 15) is 9.90 Å². The molecule has 35 heavy (non-hydrogen) atoms. The molecular weight excluding hydrogens is 432 g/mol. The van der Waals surface area contributed by atoms with E-state index in [4.69, 9.17) is 4.74 Å². The zero-order chi connectivity index (χ0) is 25.7. The Labute approximate surface area is 220 Å². The highest BCUT2D eigenvalue weighted by atomic mass is 16.5. The second kappa shape index (κ2) is 29.7. The summed E-state index contributed by atoms with van der Waals surface area (Å²) in [6, 6.07) is 0. The second-order valence-electron chi connectivity index (χ2n) is 10.9. The van der Waals surface area contributed by atoms with E-state index in [1.54, 1.807) is 0 Å². The molecule has 0 amide bonds. The second-order valence-corrected chi connectivity index (χ2v) is 10.9. The Kier molecular flexibility index (Phi) is 29.2. The quantitative estimate of drug-likeness (QED) is 0.101. The van der Waals surface area contributed by atoms with E-state index in [2.05, 4.69) is 13.8 Å². The predicted octanol–water partition coefficient (Wildman–Crippen LogP) is 10.9. The highest BCUT2D eigenvalue weighted by molar-refractivity contribution is 5.69. The van der Waals surface area contributed by atoms with E-state index in [1.807, 2.05) is 0 Å². The molecular formula is C32H64O3. The van der Waals surface area contributed by atoms with E-state index >= 15 is 0 Å². The molecule has 0 rings (SSSR count). The van der Waals surface area contributed by atoms with Crippen molar-refractivity contribution in [3.63, 3.8) is 0 Å². The Morgan fingerprint density at radius 1 is 0.514 bits per heavy atom. The minimum Gasteiger partial charge on any atom is -0.481 e. The van der Waals surface area contributed by atoms with Gasteiger partial charge in [-0.2, -0.15) is 0 Å². The standard InChI is InChI=1S/C32H64O3/c1-3-5-6-7-8-9-10-13-16-19-22-25-28-31(32(33)34)29-26-23-20-17-14-11-12-15-18-21-24-27-30-35-4-2/h31H,3-30H2,1-2H3,(H,33,34). The first-order chi connectivity index (χ1) is 17.2. The van der Waals surface area contributed by atoms with Crippen molar-refractivity contribution in [2.75, 3.05) is 13.2 Å². The zero-order valence-corrected chi connectivity index (χ0v) is 24.1. The van der Waals surface area contributed by atoms with Crippen LogP contribution in [0.25, 0.3) is 0 Å². The maximum absolute atomic E-state index is 11.6. The Bertz CT molecular complexity index is 410. The van der Waals surface area contributed by atoms with E-state index in [0.29, 0.717) is 0 Å². The van der Waals surface area contributed by atoms with Gasteiger partial charge in [0, 0.05) is 13.2 Å². The summed E-state index contributed by atoms with van der Waals surface area (Å²) in [5.74, 6) is -0.669. The molecule has 0 bridgehead atoms. The van der Waals surface area contributed by atoms with Gasteiger partial charge in [0.1, 0.15) is 0 Å². The number of hydrogen-bond donors (Lipinski definition) is 1. The predicted molar refractivity (Wildman–Crippen MR) is 153 cm³/mol. The first-order valence-electron chi connectivity index (χ1n) is 16.0. The molecule has 0 spiro atoms. The fraction of sp³-hybridized carbons (Fsp3) is 0.969. The lowest BCUT2D eigenvalue weighted by atomic mass is 9.94. The number of unbranched alkanes of at least 4 members (excludes halogenated alkanes) is 22. The van der Waals surface area contributed by atoms with Crippen molar-refractivity contribution < 1.29 is 14.6 Å². The molecule has 0 aromatic carbocycles. The number of ether oxygens (including phenoxy) is 1. The topological polar surface area (TPSA) is 46.5 Å². The summed E-state index contributed by atoms with van der Waals surface area (Å²) in [6.07, 6.45) is 33.5. The van der Waals surface area contributed by atoms with Gasteiger partial charge in [0.25, 0.3) is 0 Å². The molecule has 0 radical (unpaired) electrons. The van der Waals surface area contributed by atoms with Crippen LogP contribution in [-0.4, -0.2) is 24.3 Å². The maximum Gasteiger partial charge on any atom is 0.306 e. The van der Waals surface area contributed by atoms with Crippen LogP contribution in [0.15, 0.2) is 0 Å². The van der Waals surface area contributed by atoms with Gasteiger partial charge in [-0.1, -0.05) is 155 Å². The average molecular weight is 497 g/mol. The first kappa shape index (κ1) is 34.4. The normalized spacial score (nSPS) is 12.3. The van der Waals surface area contributed by atoms with Gasteiger partial charge in [0.2, 0.25) is 0 Å². The molecule has 1 atom stereocenters. The van der Waals surface area contributed by atoms with Gasteiger partial charge in [0.05, 0.1) is 5.92 Å². The number of carboxylic acid groups (broad SMARTS) is 1. The molecule has 0 heterocycles. The summed E-state index contributed by atoms with van der Waals surface area (Å²) in [6.45, 7) is 6.12. The molecule has 210 valence electrons. The highest BCUT2D eigenvalue weighted by Crippen LogP contribution is 2.20. The summed E-state index contributed by atoms with van der Waals surface area (Å²) in [4.78, 5) is 11.6. The van der Waals surface area contributed by atoms with Crippen LogP contribution in [0.4, 0.5) is 0 Å². The number of rotatable bonds is 30. The molecule has 0 aliphatic rings. The molecule has 0 aliphatic carbocycles. The van der Waals surface area contributed by atoms with E-state index < -0.39 is 5.97 Å². The van der Waals surface area contributed by atoms with Crippen molar-refractivity contribution in [1.82, 2.24) is 0 Å². The van der Waals surface area contributed by atoms with Gasteiger partial charge in [0.15, 0.2) is 0 Å². The smallest absolute Gasteiger partial charge is 0.306 e. The van der Waals surface area contributed by atoms with Gasteiger partial charge >= 0.3 is 5.97 Å². The molecule has 1 N–H and O–H groups in total. The lowest BCUT2D eigenvalue weighted by molar-refractivity contribution is -0.142. The van der Waals surface area contributed by atoms with E-state index in [0.717, 1.165) is 38.9 Å². The van der Waals surface area contributed by atoms with Crippen molar-refractivity contribution in [1.29, 1.82) is 0 Å². The van der Waals surface area contributed by atoms with Gasteiger partial charge < -0.3 is 9.84 Å². The van der Waals surface area contributed by atoms with Crippen LogP contribution in [0.3, 0.4) is 0 Å². The van der Waals surface area contributed by atoms with Crippen molar-refractivity contribution in [3.8, 4) is 0 Å². The van der Waals surface area contributed by atoms with E-state index in [1.165, 1.54) is 141 Å². The average Bonchev–Trinajstić information content (AvgIpc) is 2.85. The number of carbonyl (C=O) groups is 1. The van der Waals surface area contributed by atoms with Gasteiger partial charge in [-0.05, 0) is 26.2 Å². The molecule has 3 heteroatoms. The van der Waals surface area contributed by atoms with Crippen LogP contribution in [0, 0.1) is 5.92 Å². The van der Waals surface area contributed by atoms with Crippen molar-refractivity contribution >= 4 is 5.97 Å². The van der Waals surface area contributed by atoms with Crippen LogP contribution in [0.1, 0.15) is 181 Å². The third-order valence-electron chi connectivity index (χ3n) is 7.55. The third-order valence-corrected chi connectivity index (χ3v) is 7.55. The molecule has 0 aromatic rings.